The van der Waals surface area contributed by atoms with Crippen molar-refractivity contribution in [3.05, 3.63) is 65.0 Å². The predicted molar refractivity (Wildman–Crippen MR) is 80.3 cm³/mol. The maximum Gasteiger partial charge on any atom is 0.264 e. The molecule has 0 amide bonds. The van der Waals surface area contributed by atoms with E-state index in [1.807, 2.05) is 43.3 Å². The van der Waals surface area contributed by atoms with Gasteiger partial charge in [0.05, 0.1) is 0 Å². The van der Waals surface area contributed by atoms with Crippen LogP contribution in [0.1, 0.15) is 11.5 Å². The van der Waals surface area contributed by atoms with E-state index in [9.17, 15) is 0 Å². The minimum atomic E-state index is 0.242. The third kappa shape index (κ3) is 3.23. The summed E-state index contributed by atoms with van der Waals surface area (Å²) in [6.07, 6.45) is 0. The SMILES string of the molecule is Cc1ccccc1OCc1nc(-c2ccc(Cl)cc2)no1. The van der Waals surface area contributed by atoms with E-state index in [0.29, 0.717) is 16.7 Å². The number of ether oxygens (including phenoxy) is 1. The fourth-order valence-electron chi connectivity index (χ4n) is 1.89. The third-order valence-electron chi connectivity index (χ3n) is 3.02. The Labute approximate surface area is 127 Å². The lowest BCUT2D eigenvalue weighted by molar-refractivity contribution is 0.242. The van der Waals surface area contributed by atoms with Gasteiger partial charge in [0, 0.05) is 10.6 Å². The molecule has 3 rings (SSSR count). The average molecular weight is 301 g/mol. The molecule has 21 heavy (non-hydrogen) atoms. The van der Waals surface area contributed by atoms with Crippen LogP contribution in [0, 0.1) is 6.92 Å². The second-order valence-electron chi connectivity index (χ2n) is 4.57. The van der Waals surface area contributed by atoms with E-state index in [0.717, 1.165) is 16.9 Å². The number of benzene rings is 2. The molecule has 106 valence electrons. The van der Waals surface area contributed by atoms with Crippen molar-refractivity contribution in [2.45, 2.75) is 13.5 Å². The first-order chi connectivity index (χ1) is 10.2. The molecule has 1 heterocycles. The molecule has 0 atom stereocenters. The number of nitrogens with zero attached hydrogens (tertiary/aromatic N) is 2. The second-order valence-corrected chi connectivity index (χ2v) is 5.01. The van der Waals surface area contributed by atoms with Crippen LogP contribution in [0.5, 0.6) is 5.75 Å². The van der Waals surface area contributed by atoms with Crippen molar-refractivity contribution in [2.24, 2.45) is 0 Å². The van der Waals surface area contributed by atoms with Crippen molar-refractivity contribution >= 4 is 11.6 Å². The number of hydrogen-bond donors (Lipinski definition) is 0. The summed E-state index contributed by atoms with van der Waals surface area (Å²) in [7, 11) is 0. The van der Waals surface area contributed by atoms with Crippen molar-refractivity contribution in [1.82, 2.24) is 10.1 Å². The van der Waals surface area contributed by atoms with E-state index >= 15 is 0 Å². The Hall–Kier alpha value is -2.33. The van der Waals surface area contributed by atoms with Crippen LogP contribution < -0.4 is 4.74 Å². The number of aromatic nitrogens is 2. The van der Waals surface area contributed by atoms with Gasteiger partial charge in [-0.2, -0.15) is 4.98 Å². The number of aryl methyl sites for hydroxylation is 1. The second kappa shape index (κ2) is 5.97. The first kappa shape index (κ1) is 13.6. The van der Waals surface area contributed by atoms with Crippen molar-refractivity contribution in [3.63, 3.8) is 0 Å². The van der Waals surface area contributed by atoms with Crippen LogP contribution in [-0.4, -0.2) is 10.1 Å². The molecule has 0 aliphatic carbocycles. The molecule has 0 aliphatic rings. The van der Waals surface area contributed by atoms with Gasteiger partial charge in [-0.25, -0.2) is 0 Å². The number of hydrogen-bond acceptors (Lipinski definition) is 4. The van der Waals surface area contributed by atoms with Crippen LogP contribution in [0.25, 0.3) is 11.4 Å². The van der Waals surface area contributed by atoms with Gasteiger partial charge in [0.15, 0.2) is 6.61 Å². The van der Waals surface area contributed by atoms with Crippen LogP contribution in [-0.2, 0) is 6.61 Å². The summed E-state index contributed by atoms with van der Waals surface area (Å²) in [5, 5.41) is 4.61. The lowest BCUT2D eigenvalue weighted by Crippen LogP contribution is -1.97. The molecule has 0 bridgehead atoms. The zero-order valence-electron chi connectivity index (χ0n) is 11.4. The van der Waals surface area contributed by atoms with Gasteiger partial charge in [0.1, 0.15) is 5.75 Å². The first-order valence-electron chi connectivity index (χ1n) is 6.49. The Bertz CT molecular complexity index is 738. The smallest absolute Gasteiger partial charge is 0.264 e. The highest BCUT2D eigenvalue weighted by Crippen LogP contribution is 2.20. The van der Waals surface area contributed by atoms with E-state index in [1.54, 1.807) is 12.1 Å². The predicted octanol–water partition coefficient (Wildman–Crippen LogP) is 4.28. The van der Waals surface area contributed by atoms with Crippen LogP contribution in [0.3, 0.4) is 0 Å². The number of para-hydroxylation sites is 1. The topological polar surface area (TPSA) is 48.2 Å². The Morgan fingerprint density at radius 2 is 1.86 bits per heavy atom. The standard InChI is InChI=1S/C16H13ClN2O2/c1-11-4-2-3-5-14(11)20-10-15-18-16(19-21-15)12-6-8-13(17)9-7-12/h2-9H,10H2,1H3. The molecular weight excluding hydrogens is 288 g/mol. The monoisotopic (exact) mass is 300 g/mol. The van der Waals surface area contributed by atoms with E-state index < -0.39 is 0 Å². The largest absolute Gasteiger partial charge is 0.483 e. The highest BCUT2D eigenvalue weighted by atomic mass is 35.5. The quantitative estimate of drug-likeness (QED) is 0.721. The summed E-state index contributed by atoms with van der Waals surface area (Å²) < 4.78 is 10.9. The molecule has 3 aromatic rings. The Balaban J connectivity index is 1.71. The lowest BCUT2D eigenvalue weighted by atomic mass is 10.2. The number of rotatable bonds is 4. The Morgan fingerprint density at radius 1 is 1.10 bits per heavy atom. The molecule has 0 N–H and O–H groups in total. The molecule has 0 saturated heterocycles. The van der Waals surface area contributed by atoms with Crippen LogP contribution >= 0.6 is 11.6 Å². The van der Waals surface area contributed by atoms with E-state index in [4.69, 9.17) is 20.9 Å². The minimum absolute atomic E-state index is 0.242. The minimum Gasteiger partial charge on any atom is -0.483 e. The molecule has 0 fully saturated rings. The van der Waals surface area contributed by atoms with Crippen molar-refractivity contribution < 1.29 is 9.26 Å². The van der Waals surface area contributed by atoms with Gasteiger partial charge in [0.2, 0.25) is 5.82 Å². The molecule has 1 aromatic heterocycles. The van der Waals surface area contributed by atoms with E-state index in [-0.39, 0.29) is 6.61 Å². The van der Waals surface area contributed by atoms with Gasteiger partial charge in [0.25, 0.3) is 5.89 Å². The Morgan fingerprint density at radius 3 is 2.62 bits per heavy atom. The summed E-state index contributed by atoms with van der Waals surface area (Å²) in [5.41, 5.74) is 1.92. The highest BCUT2D eigenvalue weighted by Gasteiger charge is 2.09. The van der Waals surface area contributed by atoms with Crippen LogP contribution in [0.2, 0.25) is 5.02 Å². The Kier molecular flexibility index (Phi) is 3.88. The summed E-state index contributed by atoms with van der Waals surface area (Å²) in [6, 6.07) is 15.1. The zero-order chi connectivity index (χ0) is 14.7. The lowest BCUT2D eigenvalue weighted by Gasteiger charge is -2.05. The van der Waals surface area contributed by atoms with Gasteiger partial charge in [-0.1, -0.05) is 35.0 Å². The van der Waals surface area contributed by atoms with Gasteiger partial charge >= 0.3 is 0 Å². The van der Waals surface area contributed by atoms with Crippen LogP contribution in [0.15, 0.2) is 53.1 Å². The molecule has 0 spiro atoms. The fraction of sp³-hybridized carbons (Fsp3) is 0.125. The molecule has 0 aliphatic heterocycles. The number of halogens is 1. The summed E-state index contributed by atoms with van der Waals surface area (Å²) in [5.74, 6) is 1.77. The highest BCUT2D eigenvalue weighted by molar-refractivity contribution is 6.30. The zero-order valence-corrected chi connectivity index (χ0v) is 12.2. The van der Waals surface area contributed by atoms with E-state index in [1.165, 1.54) is 0 Å². The maximum absolute atomic E-state index is 5.85. The van der Waals surface area contributed by atoms with Crippen molar-refractivity contribution in [2.75, 3.05) is 0 Å². The normalized spacial score (nSPS) is 10.6. The molecule has 0 radical (unpaired) electrons. The molecule has 0 saturated carbocycles. The molecule has 4 nitrogen and oxygen atoms in total. The van der Waals surface area contributed by atoms with Gasteiger partial charge in [-0.15, -0.1) is 0 Å². The molecule has 2 aromatic carbocycles. The maximum atomic E-state index is 5.85. The van der Waals surface area contributed by atoms with Crippen molar-refractivity contribution in [3.8, 4) is 17.1 Å². The average Bonchev–Trinajstić information content (AvgIpc) is 2.96. The molecule has 5 heteroatoms. The fourth-order valence-corrected chi connectivity index (χ4v) is 2.01. The van der Waals surface area contributed by atoms with E-state index in [2.05, 4.69) is 10.1 Å². The first-order valence-corrected chi connectivity index (χ1v) is 6.87. The van der Waals surface area contributed by atoms with Crippen LogP contribution in [0.4, 0.5) is 0 Å². The van der Waals surface area contributed by atoms with Gasteiger partial charge in [-0.3, -0.25) is 0 Å². The summed E-state index contributed by atoms with van der Waals surface area (Å²) in [6.45, 7) is 2.23. The van der Waals surface area contributed by atoms with Crippen molar-refractivity contribution in [1.29, 1.82) is 0 Å². The summed E-state index contributed by atoms with van der Waals surface area (Å²) in [4.78, 5) is 4.31. The van der Waals surface area contributed by atoms with Gasteiger partial charge in [-0.05, 0) is 42.8 Å². The van der Waals surface area contributed by atoms with Gasteiger partial charge < -0.3 is 9.26 Å². The summed E-state index contributed by atoms with van der Waals surface area (Å²) >= 11 is 5.85. The molecule has 0 unspecified atom stereocenters. The third-order valence-corrected chi connectivity index (χ3v) is 3.27. The molecular formula is C16H13ClN2O2.